The Morgan fingerprint density at radius 1 is 1.05 bits per heavy atom. The van der Waals surface area contributed by atoms with Crippen LogP contribution in [-0.4, -0.2) is 13.7 Å². The highest BCUT2D eigenvalue weighted by Gasteiger charge is 2.04. The fraction of sp³-hybridized carbons (Fsp3) is 0.250. The second-order valence-corrected chi connectivity index (χ2v) is 4.48. The number of hydrogen-bond donors (Lipinski definition) is 1. The van der Waals surface area contributed by atoms with Crippen molar-refractivity contribution in [3.05, 3.63) is 53.6 Å². The van der Waals surface area contributed by atoms with E-state index in [2.05, 4.69) is 0 Å². The Labute approximate surface area is 114 Å². The number of rotatable bonds is 5. The average molecular weight is 257 g/mol. The van der Waals surface area contributed by atoms with Crippen LogP contribution in [0.5, 0.6) is 11.5 Å². The average Bonchev–Trinajstić information content (AvgIpc) is 2.43. The van der Waals surface area contributed by atoms with Crippen molar-refractivity contribution in [1.29, 1.82) is 0 Å². The van der Waals surface area contributed by atoms with E-state index in [0.29, 0.717) is 11.4 Å². The minimum Gasteiger partial charge on any atom is -0.455 e. The Bertz CT molecular complexity index is 535. The van der Waals surface area contributed by atoms with E-state index in [1.165, 1.54) is 5.56 Å². The van der Waals surface area contributed by atoms with Gasteiger partial charge in [-0.1, -0.05) is 24.3 Å². The summed E-state index contributed by atoms with van der Waals surface area (Å²) in [7, 11) is 1.71. The Morgan fingerprint density at radius 3 is 2.47 bits per heavy atom. The molecule has 0 saturated heterocycles. The molecular weight excluding hydrogens is 238 g/mol. The van der Waals surface area contributed by atoms with Gasteiger partial charge in [0.1, 0.15) is 5.75 Å². The molecule has 19 heavy (non-hydrogen) atoms. The first kappa shape index (κ1) is 13.4. The van der Waals surface area contributed by atoms with Crippen LogP contribution in [0.4, 0.5) is 5.69 Å². The summed E-state index contributed by atoms with van der Waals surface area (Å²) in [6.45, 7) is 2.70. The molecule has 0 fully saturated rings. The molecule has 0 amide bonds. The van der Waals surface area contributed by atoms with E-state index in [0.717, 1.165) is 24.3 Å². The SMILES string of the molecule is COCCc1ccc(Oc2cccc(C)c2N)cc1. The van der Waals surface area contributed by atoms with Gasteiger partial charge < -0.3 is 15.2 Å². The lowest BCUT2D eigenvalue weighted by atomic mass is 10.1. The minimum atomic E-state index is 0.686. The van der Waals surface area contributed by atoms with E-state index in [1.807, 2.05) is 49.4 Å². The molecule has 0 atom stereocenters. The summed E-state index contributed by atoms with van der Waals surface area (Å²) in [6, 6.07) is 13.8. The van der Waals surface area contributed by atoms with Gasteiger partial charge in [-0.25, -0.2) is 0 Å². The molecule has 0 saturated carbocycles. The predicted octanol–water partition coefficient (Wildman–Crippen LogP) is 3.56. The lowest BCUT2D eigenvalue weighted by molar-refractivity contribution is 0.202. The van der Waals surface area contributed by atoms with Crippen LogP contribution in [0, 0.1) is 6.92 Å². The number of ether oxygens (including phenoxy) is 2. The first-order valence-electron chi connectivity index (χ1n) is 6.31. The van der Waals surface area contributed by atoms with Gasteiger partial charge in [0.2, 0.25) is 0 Å². The molecule has 0 unspecified atom stereocenters. The van der Waals surface area contributed by atoms with Crippen molar-refractivity contribution in [3.8, 4) is 11.5 Å². The predicted molar refractivity (Wildman–Crippen MR) is 77.7 cm³/mol. The van der Waals surface area contributed by atoms with Gasteiger partial charge in [0.05, 0.1) is 12.3 Å². The summed E-state index contributed by atoms with van der Waals surface area (Å²) < 4.78 is 10.8. The molecule has 0 spiro atoms. The zero-order chi connectivity index (χ0) is 13.7. The van der Waals surface area contributed by atoms with Crippen molar-refractivity contribution in [2.24, 2.45) is 0 Å². The van der Waals surface area contributed by atoms with Gasteiger partial charge in [0, 0.05) is 7.11 Å². The Morgan fingerprint density at radius 2 is 1.79 bits per heavy atom. The van der Waals surface area contributed by atoms with Crippen LogP contribution >= 0.6 is 0 Å². The second-order valence-electron chi connectivity index (χ2n) is 4.48. The van der Waals surface area contributed by atoms with Crippen molar-refractivity contribution in [2.75, 3.05) is 19.5 Å². The normalized spacial score (nSPS) is 10.4. The molecule has 0 bridgehead atoms. The van der Waals surface area contributed by atoms with Gasteiger partial charge in [-0.3, -0.25) is 0 Å². The first-order chi connectivity index (χ1) is 9.20. The van der Waals surface area contributed by atoms with Crippen molar-refractivity contribution in [1.82, 2.24) is 0 Å². The van der Waals surface area contributed by atoms with Crippen LogP contribution in [0.15, 0.2) is 42.5 Å². The smallest absolute Gasteiger partial charge is 0.150 e. The maximum absolute atomic E-state index is 5.98. The number of aryl methyl sites for hydroxylation is 1. The van der Waals surface area contributed by atoms with Gasteiger partial charge >= 0.3 is 0 Å². The van der Waals surface area contributed by atoms with Crippen LogP contribution in [0.3, 0.4) is 0 Å². The minimum absolute atomic E-state index is 0.686. The van der Waals surface area contributed by atoms with E-state index < -0.39 is 0 Å². The molecule has 2 aromatic carbocycles. The standard InChI is InChI=1S/C16H19NO2/c1-12-4-3-5-15(16(12)17)19-14-8-6-13(7-9-14)10-11-18-2/h3-9H,10-11,17H2,1-2H3. The van der Waals surface area contributed by atoms with Crippen molar-refractivity contribution in [2.45, 2.75) is 13.3 Å². The van der Waals surface area contributed by atoms with Crippen molar-refractivity contribution < 1.29 is 9.47 Å². The highest BCUT2D eigenvalue weighted by atomic mass is 16.5. The molecule has 0 heterocycles. The number of anilines is 1. The Balaban J connectivity index is 2.09. The maximum atomic E-state index is 5.98. The zero-order valence-corrected chi connectivity index (χ0v) is 11.3. The molecule has 3 nitrogen and oxygen atoms in total. The molecule has 0 aliphatic rings. The molecule has 2 rings (SSSR count). The van der Waals surface area contributed by atoms with Gasteiger partial charge in [-0.15, -0.1) is 0 Å². The number of para-hydroxylation sites is 1. The quantitative estimate of drug-likeness (QED) is 0.833. The number of benzene rings is 2. The highest BCUT2D eigenvalue weighted by Crippen LogP contribution is 2.29. The third-order valence-electron chi connectivity index (χ3n) is 3.03. The molecule has 0 aliphatic heterocycles. The summed E-state index contributed by atoms with van der Waals surface area (Å²) in [5.74, 6) is 1.49. The fourth-order valence-corrected chi connectivity index (χ4v) is 1.81. The lowest BCUT2D eigenvalue weighted by Gasteiger charge is -2.10. The van der Waals surface area contributed by atoms with Gasteiger partial charge in [0.25, 0.3) is 0 Å². The van der Waals surface area contributed by atoms with E-state index in [9.17, 15) is 0 Å². The molecule has 0 aliphatic carbocycles. The third-order valence-corrected chi connectivity index (χ3v) is 3.03. The van der Waals surface area contributed by atoms with E-state index in [1.54, 1.807) is 7.11 Å². The Kier molecular flexibility index (Phi) is 4.42. The molecule has 3 heteroatoms. The topological polar surface area (TPSA) is 44.5 Å². The van der Waals surface area contributed by atoms with Gasteiger partial charge in [-0.2, -0.15) is 0 Å². The van der Waals surface area contributed by atoms with Crippen molar-refractivity contribution in [3.63, 3.8) is 0 Å². The van der Waals surface area contributed by atoms with Crippen molar-refractivity contribution >= 4 is 5.69 Å². The zero-order valence-electron chi connectivity index (χ0n) is 11.3. The molecular formula is C16H19NO2. The molecule has 2 aromatic rings. The highest BCUT2D eigenvalue weighted by molar-refractivity contribution is 5.59. The van der Waals surface area contributed by atoms with E-state index >= 15 is 0 Å². The van der Waals surface area contributed by atoms with Crippen LogP contribution in [0.25, 0.3) is 0 Å². The van der Waals surface area contributed by atoms with Gasteiger partial charge in [-0.05, 0) is 42.7 Å². The summed E-state index contributed by atoms with van der Waals surface area (Å²) in [4.78, 5) is 0. The van der Waals surface area contributed by atoms with Crippen LogP contribution in [-0.2, 0) is 11.2 Å². The summed E-state index contributed by atoms with van der Waals surface area (Å²) >= 11 is 0. The molecule has 100 valence electrons. The summed E-state index contributed by atoms with van der Waals surface area (Å²) in [5, 5.41) is 0. The van der Waals surface area contributed by atoms with E-state index in [4.69, 9.17) is 15.2 Å². The lowest BCUT2D eigenvalue weighted by Crippen LogP contribution is -1.96. The second kappa shape index (κ2) is 6.25. The number of hydrogen-bond acceptors (Lipinski definition) is 3. The van der Waals surface area contributed by atoms with Crippen LogP contribution in [0.1, 0.15) is 11.1 Å². The first-order valence-corrected chi connectivity index (χ1v) is 6.31. The maximum Gasteiger partial charge on any atom is 0.150 e. The van der Waals surface area contributed by atoms with Gasteiger partial charge in [0.15, 0.2) is 5.75 Å². The third kappa shape index (κ3) is 3.48. The van der Waals surface area contributed by atoms with E-state index in [-0.39, 0.29) is 0 Å². The number of nitrogen functional groups attached to an aromatic ring is 1. The monoisotopic (exact) mass is 257 g/mol. The summed E-state index contributed by atoms with van der Waals surface area (Å²) in [5.41, 5.74) is 8.92. The molecule has 2 N–H and O–H groups in total. The Hall–Kier alpha value is -2.00. The largest absolute Gasteiger partial charge is 0.455 e. The molecule has 0 radical (unpaired) electrons. The van der Waals surface area contributed by atoms with Crippen LogP contribution in [0.2, 0.25) is 0 Å². The fourth-order valence-electron chi connectivity index (χ4n) is 1.81. The molecule has 0 aromatic heterocycles. The number of methoxy groups -OCH3 is 1. The number of nitrogens with two attached hydrogens (primary N) is 1. The van der Waals surface area contributed by atoms with Crippen LogP contribution < -0.4 is 10.5 Å². The summed E-state index contributed by atoms with van der Waals surface area (Å²) in [6.07, 6.45) is 0.906.